The molecule has 0 aliphatic carbocycles. The van der Waals surface area contributed by atoms with E-state index in [9.17, 15) is 4.79 Å². The van der Waals surface area contributed by atoms with Crippen molar-refractivity contribution in [3.63, 3.8) is 0 Å². The highest BCUT2D eigenvalue weighted by atomic mass is 16.5. The maximum absolute atomic E-state index is 11.6. The molecule has 0 aromatic carbocycles. The summed E-state index contributed by atoms with van der Waals surface area (Å²) in [6, 6.07) is 0.319. The Morgan fingerprint density at radius 1 is 1.27 bits per heavy atom. The van der Waals surface area contributed by atoms with E-state index < -0.39 is 0 Å². The first-order valence-electron chi connectivity index (χ1n) is 5.98. The first-order valence-corrected chi connectivity index (χ1v) is 5.98. The summed E-state index contributed by atoms with van der Waals surface area (Å²) >= 11 is 0. The van der Waals surface area contributed by atoms with Crippen LogP contribution in [0.15, 0.2) is 0 Å². The Hall–Kier alpha value is -0.570. The molecule has 3 heteroatoms. The summed E-state index contributed by atoms with van der Waals surface area (Å²) in [6.07, 6.45) is 5.25. The Labute approximate surface area is 93.6 Å². The quantitative estimate of drug-likeness (QED) is 0.675. The highest BCUT2D eigenvalue weighted by Crippen LogP contribution is 2.07. The van der Waals surface area contributed by atoms with E-state index in [-0.39, 0.29) is 12.0 Å². The molecule has 0 rings (SSSR count). The van der Waals surface area contributed by atoms with Gasteiger partial charge in [-0.2, -0.15) is 0 Å². The zero-order valence-corrected chi connectivity index (χ0v) is 10.5. The van der Waals surface area contributed by atoms with Crippen LogP contribution < -0.4 is 5.32 Å². The van der Waals surface area contributed by atoms with E-state index in [0.29, 0.717) is 6.04 Å². The Bertz CT molecular complexity index is 171. The summed E-state index contributed by atoms with van der Waals surface area (Å²) in [6.45, 7) is 6.09. The largest absolute Gasteiger partial charge is 0.372 e. The van der Waals surface area contributed by atoms with Gasteiger partial charge < -0.3 is 10.1 Å². The van der Waals surface area contributed by atoms with Gasteiger partial charge in [-0.3, -0.25) is 4.79 Å². The molecule has 1 amide bonds. The summed E-state index contributed by atoms with van der Waals surface area (Å²) in [5.74, 6) is 0.00653. The molecule has 3 nitrogen and oxygen atoms in total. The summed E-state index contributed by atoms with van der Waals surface area (Å²) in [4.78, 5) is 11.6. The zero-order valence-electron chi connectivity index (χ0n) is 10.5. The lowest BCUT2D eigenvalue weighted by molar-refractivity contribution is -0.130. The molecule has 0 aromatic heterocycles. The second-order valence-corrected chi connectivity index (χ2v) is 4.01. The van der Waals surface area contributed by atoms with Crippen molar-refractivity contribution < 1.29 is 9.53 Å². The fraction of sp³-hybridized carbons (Fsp3) is 0.917. The zero-order chi connectivity index (χ0) is 11.7. The molecule has 0 aromatic rings. The monoisotopic (exact) mass is 215 g/mol. The van der Waals surface area contributed by atoms with Crippen molar-refractivity contribution >= 4 is 5.91 Å². The van der Waals surface area contributed by atoms with Gasteiger partial charge in [-0.15, -0.1) is 0 Å². The fourth-order valence-corrected chi connectivity index (χ4v) is 1.51. The number of carbonyl (C=O) groups excluding carboxylic acids is 1. The van der Waals surface area contributed by atoms with Gasteiger partial charge in [0.1, 0.15) is 6.10 Å². The Morgan fingerprint density at radius 2 is 1.93 bits per heavy atom. The van der Waals surface area contributed by atoms with Crippen molar-refractivity contribution in [3.8, 4) is 0 Å². The average molecular weight is 215 g/mol. The normalized spacial score (nSPS) is 14.7. The summed E-state index contributed by atoms with van der Waals surface area (Å²) < 4.78 is 4.98. The van der Waals surface area contributed by atoms with Gasteiger partial charge in [0.2, 0.25) is 5.91 Å². The highest BCUT2D eigenvalue weighted by Gasteiger charge is 2.15. The van der Waals surface area contributed by atoms with Gasteiger partial charge in [-0.05, 0) is 19.8 Å². The number of amides is 1. The molecule has 2 atom stereocenters. The molecule has 0 saturated carbocycles. The minimum Gasteiger partial charge on any atom is -0.372 e. The van der Waals surface area contributed by atoms with Crippen molar-refractivity contribution in [1.29, 1.82) is 0 Å². The number of nitrogens with one attached hydrogen (secondary N) is 1. The van der Waals surface area contributed by atoms with Crippen LogP contribution in [0.25, 0.3) is 0 Å². The SMILES string of the molecule is CCCCC(CCC)NC(=O)C(C)OC. The molecular weight excluding hydrogens is 190 g/mol. The van der Waals surface area contributed by atoms with Gasteiger partial charge >= 0.3 is 0 Å². The standard InChI is InChI=1S/C12H25NO2/c1-5-7-9-11(8-6-2)13-12(14)10(3)15-4/h10-11H,5-9H2,1-4H3,(H,13,14). The summed E-state index contributed by atoms with van der Waals surface area (Å²) in [7, 11) is 1.56. The average Bonchev–Trinajstić information content (AvgIpc) is 2.24. The Morgan fingerprint density at radius 3 is 2.40 bits per heavy atom. The number of unbranched alkanes of at least 4 members (excludes halogenated alkanes) is 1. The van der Waals surface area contributed by atoms with Crippen LogP contribution in [0.4, 0.5) is 0 Å². The third-order valence-electron chi connectivity index (χ3n) is 2.61. The Kier molecular flexibility index (Phi) is 8.38. The number of methoxy groups -OCH3 is 1. The Balaban J connectivity index is 3.97. The van der Waals surface area contributed by atoms with E-state index in [2.05, 4.69) is 19.2 Å². The van der Waals surface area contributed by atoms with Crippen LogP contribution >= 0.6 is 0 Å². The molecule has 0 spiro atoms. The number of ether oxygens (including phenoxy) is 1. The number of rotatable bonds is 8. The lowest BCUT2D eigenvalue weighted by Gasteiger charge is -2.19. The van der Waals surface area contributed by atoms with Crippen molar-refractivity contribution in [2.75, 3.05) is 7.11 Å². The molecule has 1 N–H and O–H groups in total. The van der Waals surface area contributed by atoms with Crippen LogP contribution in [0.5, 0.6) is 0 Å². The molecule has 90 valence electrons. The molecule has 0 heterocycles. The van der Waals surface area contributed by atoms with Crippen LogP contribution in [0, 0.1) is 0 Å². The van der Waals surface area contributed by atoms with Crippen LogP contribution in [-0.2, 0) is 9.53 Å². The third-order valence-corrected chi connectivity index (χ3v) is 2.61. The third kappa shape index (κ3) is 6.50. The summed E-state index contributed by atoms with van der Waals surface area (Å²) in [5, 5.41) is 3.04. The smallest absolute Gasteiger partial charge is 0.249 e. The van der Waals surface area contributed by atoms with Gasteiger partial charge in [0.15, 0.2) is 0 Å². The second kappa shape index (κ2) is 8.72. The molecule has 0 fully saturated rings. The number of hydrogen-bond donors (Lipinski definition) is 1. The van der Waals surface area contributed by atoms with Gasteiger partial charge in [0, 0.05) is 13.2 Å². The van der Waals surface area contributed by atoms with Gasteiger partial charge in [-0.1, -0.05) is 33.1 Å². The van der Waals surface area contributed by atoms with E-state index in [4.69, 9.17) is 4.74 Å². The molecule has 0 saturated heterocycles. The first-order chi connectivity index (χ1) is 7.15. The van der Waals surface area contributed by atoms with E-state index in [1.807, 2.05) is 0 Å². The molecule has 2 unspecified atom stereocenters. The van der Waals surface area contributed by atoms with Crippen LogP contribution in [-0.4, -0.2) is 25.2 Å². The van der Waals surface area contributed by atoms with Crippen molar-refractivity contribution in [3.05, 3.63) is 0 Å². The minimum absolute atomic E-state index is 0.00653. The van der Waals surface area contributed by atoms with Crippen LogP contribution in [0.2, 0.25) is 0 Å². The fourth-order valence-electron chi connectivity index (χ4n) is 1.51. The first kappa shape index (κ1) is 14.4. The molecule has 15 heavy (non-hydrogen) atoms. The number of hydrogen-bond acceptors (Lipinski definition) is 2. The minimum atomic E-state index is -0.342. The maximum atomic E-state index is 11.6. The predicted octanol–water partition coefficient (Wildman–Crippen LogP) is 2.50. The summed E-state index contributed by atoms with van der Waals surface area (Å²) in [5.41, 5.74) is 0. The van der Waals surface area contributed by atoms with Gasteiger partial charge in [0.25, 0.3) is 0 Å². The van der Waals surface area contributed by atoms with Gasteiger partial charge in [0.05, 0.1) is 0 Å². The van der Waals surface area contributed by atoms with Crippen molar-refractivity contribution in [2.45, 2.75) is 65.0 Å². The lowest BCUT2D eigenvalue weighted by Crippen LogP contribution is -2.41. The van der Waals surface area contributed by atoms with Crippen LogP contribution in [0.3, 0.4) is 0 Å². The molecule has 0 radical (unpaired) electrons. The lowest BCUT2D eigenvalue weighted by atomic mass is 10.0. The van der Waals surface area contributed by atoms with E-state index in [0.717, 1.165) is 19.3 Å². The van der Waals surface area contributed by atoms with E-state index in [1.165, 1.54) is 12.8 Å². The molecule has 0 aliphatic heterocycles. The van der Waals surface area contributed by atoms with Crippen molar-refractivity contribution in [1.82, 2.24) is 5.32 Å². The number of carbonyl (C=O) groups is 1. The van der Waals surface area contributed by atoms with E-state index >= 15 is 0 Å². The topological polar surface area (TPSA) is 38.3 Å². The predicted molar refractivity (Wildman–Crippen MR) is 62.8 cm³/mol. The van der Waals surface area contributed by atoms with Crippen LogP contribution in [0.1, 0.15) is 52.9 Å². The second-order valence-electron chi connectivity index (χ2n) is 4.01. The molecular formula is C12H25NO2. The highest BCUT2D eigenvalue weighted by molar-refractivity contribution is 5.80. The van der Waals surface area contributed by atoms with E-state index in [1.54, 1.807) is 14.0 Å². The van der Waals surface area contributed by atoms with Gasteiger partial charge in [-0.25, -0.2) is 0 Å². The molecule has 0 aliphatic rings. The maximum Gasteiger partial charge on any atom is 0.249 e. The molecule has 0 bridgehead atoms. The van der Waals surface area contributed by atoms with Crippen molar-refractivity contribution in [2.24, 2.45) is 0 Å².